The highest BCUT2D eigenvalue weighted by Crippen LogP contribution is 2.22. The molecule has 0 aliphatic carbocycles. The molecule has 0 atom stereocenters. The Balaban J connectivity index is 0.00000272. The van der Waals surface area contributed by atoms with Crippen LogP contribution in [0.4, 0.5) is 5.00 Å². The summed E-state index contributed by atoms with van der Waals surface area (Å²) >= 11 is 1.80. The van der Waals surface area contributed by atoms with E-state index >= 15 is 0 Å². The number of piperazine rings is 1. The molecule has 0 radical (unpaired) electrons. The van der Waals surface area contributed by atoms with Crippen molar-refractivity contribution < 1.29 is 4.79 Å². The van der Waals surface area contributed by atoms with Crippen molar-refractivity contribution in [3.05, 3.63) is 52.9 Å². The Bertz CT molecular complexity index is 841. The number of likely N-dealkylation sites (tertiary alicyclic amines) is 1. The summed E-state index contributed by atoms with van der Waals surface area (Å²) in [6.45, 7) is 6.41. The molecule has 2 aromatic rings. The quantitative estimate of drug-likeness (QED) is 0.355. The maximum Gasteiger partial charge on any atom is 0.253 e. The van der Waals surface area contributed by atoms with Crippen molar-refractivity contribution in [1.29, 1.82) is 0 Å². The lowest BCUT2D eigenvalue weighted by Gasteiger charge is -2.37. The van der Waals surface area contributed by atoms with Crippen LogP contribution in [-0.4, -0.2) is 68.0 Å². The summed E-state index contributed by atoms with van der Waals surface area (Å²) in [6.07, 6.45) is 3.47. The van der Waals surface area contributed by atoms with Crippen LogP contribution in [0.2, 0.25) is 0 Å². The molecule has 4 rings (SSSR count). The van der Waals surface area contributed by atoms with Gasteiger partial charge in [-0.1, -0.05) is 12.1 Å². The number of rotatable bonds is 4. The Morgan fingerprint density at radius 2 is 1.68 bits per heavy atom. The molecule has 1 N–H and O–H groups in total. The monoisotopic (exact) mass is 553 g/mol. The summed E-state index contributed by atoms with van der Waals surface area (Å²) < 4.78 is 0. The zero-order valence-electron chi connectivity index (χ0n) is 18.1. The molecule has 0 bridgehead atoms. The molecule has 0 unspecified atom stereocenters. The number of hydrogen-bond donors (Lipinski definition) is 1. The van der Waals surface area contributed by atoms with Crippen molar-refractivity contribution >= 4 is 52.2 Å². The van der Waals surface area contributed by atoms with Gasteiger partial charge < -0.3 is 20.0 Å². The number of nitrogens with one attached hydrogen (secondary N) is 1. The molecule has 8 heteroatoms. The molecule has 1 amide bonds. The number of amides is 1. The number of aliphatic imine (C=N–C) groups is 1. The zero-order valence-corrected chi connectivity index (χ0v) is 21.3. The molecular weight excluding hydrogens is 521 g/mol. The standard InChI is InChI=1S/C23H31N5OS.HI/c1-24-23(28-15-13-26(14-16-28)21-6-5-17-30-21)25-18-19-7-9-20(10-8-19)22(29)27-11-3-2-4-12-27;/h5-10,17H,2-4,11-16,18H2,1H3,(H,24,25);1H. The van der Waals surface area contributed by atoms with Crippen molar-refractivity contribution in [3.63, 3.8) is 0 Å². The van der Waals surface area contributed by atoms with Gasteiger partial charge in [-0.2, -0.15) is 0 Å². The summed E-state index contributed by atoms with van der Waals surface area (Å²) in [5, 5.41) is 6.96. The fourth-order valence-electron chi connectivity index (χ4n) is 4.15. The molecule has 31 heavy (non-hydrogen) atoms. The molecule has 6 nitrogen and oxygen atoms in total. The predicted octanol–water partition coefficient (Wildman–Crippen LogP) is 3.89. The number of hydrogen-bond acceptors (Lipinski definition) is 4. The number of nitrogens with zero attached hydrogens (tertiary/aromatic N) is 4. The molecular formula is C23H32IN5OS. The van der Waals surface area contributed by atoms with Gasteiger partial charge in [0, 0.05) is 58.4 Å². The van der Waals surface area contributed by atoms with E-state index in [-0.39, 0.29) is 29.9 Å². The van der Waals surface area contributed by atoms with Gasteiger partial charge in [-0.3, -0.25) is 9.79 Å². The van der Waals surface area contributed by atoms with Crippen molar-refractivity contribution in [3.8, 4) is 0 Å². The van der Waals surface area contributed by atoms with E-state index in [0.29, 0.717) is 6.54 Å². The van der Waals surface area contributed by atoms with Crippen LogP contribution in [0, 0.1) is 0 Å². The number of piperidine rings is 1. The first kappa shape index (κ1) is 23.8. The van der Waals surface area contributed by atoms with Gasteiger partial charge in [0.1, 0.15) is 0 Å². The van der Waals surface area contributed by atoms with Crippen LogP contribution in [0.3, 0.4) is 0 Å². The largest absolute Gasteiger partial charge is 0.360 e. The van der Waals surface area contributed by atoms with Gasteiger partial charge in [-0.25, -0.2) is 0 Å². The molecule has 0 saturated carbocycles. The third-order valence-electron chi connectivity index (χ3n) is 5.90. The second-order valence-electron chi connectivity index (χ2n) is 7.88. The smallest absolute Gasteiger partial charge is 0.253 e. The van der Waals surface area contributed by atoms with Crippen LogP contribution < -0.4 is 10.2 Å². The van der Waals surface area contributed by atoms with Crippen molar-refractivity contribution in [2.75, 3.05) is 51.2 Å². The van der Waals surface area contributed by atoms with E-state index in [9.17, 15) is 4.79 Å². The fraction of sp³-hybridized carbons (Fsp3) is 0.478. The molecule has 0 spiro atoms. The molecule has 2 aliphatic heterocycles. The second kappa shape index (κ2) is 11.7. The molecule has 2 fully saturated rings. The maximum absolute atomic E-state index is 12.6. The normalized spacial score (nSPS) is 17.3. The number of carbonyl (C=O) groups is 1. The van der Waals surface area contributed by atoms with Gasteiger partial charge >= 0.3 is 0 Å². The molecule has 2 aliphatic rings. The molecule has 3 heterocycles. The Hall–Kier alpha value is -1.81. The Kier molecular flexibility index (Phi) is 9.01. The third-order valence-corrected chi connectivity index (χ3v) is 6.83. The minimum Gasteiger partial charge on any atom is -0.360 e. The van der Waals surface area contributed by atoms with E-state index < -0.39 is 0 Å². The van der Waals surface area contributed by atoms with Crippen LogP contribution in [0.25, 0.3) is 0 Å². The lowest BCUT2D eigenvalue weighted by atomic mass is 10.1. The van der Waals surface area contributed by atoms with E-state index in [2.05, 4.69) is 37.6 Å². The minimum atomic E-state index is 0. The SMILES string of the molecule is CN=C(NCc1ccc(C(=O)N2CCCCC2)cc1)N1CCN(c2cccs2)CC1.I. The molecule has 2 saturated heterocycles. The van der Waals surface area contributed by atoms with Crippen LogP contribution >= 0.6 is 35.3 Å². The summed E-state index contributed by atoms with van der Waals surface area (Å²) in [6, 6.07) is 12.3. The first-order valence-electron chi connectivity index (χ1n) is 10.9. The molecule has 1 aromatic carbocycles. The van der Waals surface area contributed by atoms with Crippen LogP contribution in [0.1, 0.15) is 35.2 Å². The van der Waals surface area contributed by atoms with Crippen molar-refractivity contribution in [2.45, 2.75) is 25.8 Å². The van der Waals surface area contributed by atoms with Gasteiger partial charge in [0.15, 0.2) is 5.96 Å². The van der Waals surface area contributed by atoms with Crippen LogP contribution in [-0.2, 0) is 6.54 Å². The predicted molar refractivity (Wildman–Crippen MR) is 140 cm³/mol. The number of carbonyl (C=O) groups excluding carboxylic acids is 1. The maximum atomic E-state index is 12.6. The van der Waals surface area contributed by atoms with E-state index in [1.54, 1.807) is 11.3 Å². The number of anilines is 1. The number of guanidine groups is 1. The van der Waals surface area contributed by atoms with E-state index in [1.165, 1.54) is 11.4 Å². The zero-order chi connectivity index (χ0) is 20.8. The first-order valence-corrected chi connectivity index (χ1v) is 11.7. The fourth-order valence-corrected chi connectivity index (χ4v) is 4.93. The van der Waals surface area contributed by atoms with E-state index in [4.69, 9.17) is 0 Å². The molecule has 168 valence electrons. The summed E-state index contributed by atoms with van der Waals surface area (Å²) in [5.74, 6) is 1.10. The van der Waals surface area contributed by atoms with Crippen molar-refractivity contribution in [1.82, 2.24) is 15.1 Å². The highest BCUT2D eigenvalue weighted by atomic mass is 127. The second-order valence-corrected chi connectivity index (χ2v) is 8.80. The highest BCUT2D eigenvalue weighted by Gasteiger charge is 2.21. The third kappa shape index (κ3) is 6.12. The van der Waals surface area contributed by atoms with Gasteiger partial charge in [0.05, 0.1) is 5.00 Å². The van der Waals surface area contributed by atoms with Crippen LogP contribution in [0.15, 0.2) is 46.8 Å². The number of thiophene rings is 1. The van der Waals surface area contributed by atoms with Crippen molar-refractivity contribution in [2.24, 2.45) is 4.99 Å². The summed E-state index contributed by atoms with van der Waals surface area (Å²) in [5.41, 5.74) is 1.94. The summed E-state index contributed by atoms with van der Waals surface area (Å²) in [4.78, 5) is 23.8. The highest BCUT2D eigenvalue weighted by molar-refractivity contribution is 14.0. The minimum absolute atomic E-state index is 0. The number of benzene rings is 1. The van der Waals surface area contributed by atoms with Gasteiger partial charge in [0.2, 0.25) is 0 Å². The first-order chi connectivity index (χ1) is 14.7. The molecule has 1 aromatic heterocycles. The van der Waals surface area contributed by atoms with Gasteiger partial charge in [0.25, 0.3) is 5.91 Å². The van der Waals surface area contributed by atoms with Crippen LogP contribution in [0.5, 0.6) is 0 Å². The Morgan fingerprint density at radius 1 is 0.968 bits per heavy atom. The number of halogens is 1. The average Bonchev–Trinajstić information content (AvgIpc) is 3.35. The Labute approximate surface area is 206 Å². The Morgan fingerprint density at radius 3 is 2.29 bits per heavy atom. The van der Waals surface area contributed by atoms with E-state index in [1.807, 2.05) is 36.2 Å². The lowest BCUT2D eigenvalue weighted by molar-refractivity contribution is 0.0724. The van der Waals surface area contributed by atoms with E-state index in [0.717, 1.165) is 69.2 Å². The average molecular weight is 554 g/mol. The summed E-state index contributed by atoms with van der Waals surface area (Å²) in [7, 11) is 1.84. The topological polar surface area (TPSA) is 51.2 Å². The lowest BCUT2D eigenvalue weighted by Crippen LogP contribution is -2.52. The van der Waals surface area contributed by atoms with Gasteiger partial charge in [-0.05, 0) is 54.5 Å². The van der Waals surface area contributed by atoms with Gasteiger partial charge in [-0.15, -0.1) is 35.3 Å².